The number of nitrogens with two attached hydrogens (primary N) is 1. The predicted molar refractivity (Wildman–Crippen MR) is 97.9 cm³/mol. The third-order valence-electron chi connectivity index (χ3n) is 5.25. The minimum atomic E-state index is -1.07. The van der Waals surface area contributed by atoms with Gasteiger partial charge < -0.3 is 26.2 Å². The molecule has 0 heterocycles. The van der Waals surface area contributed by atoms with Gasteiger partial charge in [0, 0.05) is 28.6 Å². The molecule has 0 saturated heterocycles. The number of phenolic OH excluding ortho intramolecular Hbond substituents is 1. The van der Waals surface area contributed by atoms with Crippen molar-refractivity contribution in [1.82, 2.24) is 0 Å². The second-order valence-electron chi connectivity index (χ2n) is 7.26. The van der Waals surface area contributed by atoms with Crippen LogP contribution in [0.3, 0.4) is 0 Å². The van der Waals surface area contributed by atoms with E-state index in [4.69, 9.17) is 10.8 Å². The molecule has 0 aliphatic heterocycles. The van der Waals surface area contributed by atoms with Gasteiger partial charge >= 0.3 is 5.97 Å². The Balaban J connectivity index is 2.55. The van der Waals surface area contributed by atoms with Crippen molar-refractivity contribution in [3.63, 3.8) is 0 Å². The van der Waals surface area contributed by atoms with Gasteiger partial charge in [0.25, 0.3) is 0 Å². The molecule has 0 spiro atoms. The summed E-state index contributed by atoms with van der Waals surface area (Å²) < 4.78 is 0. The van der Waals surface area contributed by atoms with Crippen LogP contribution in [0, 0.1) is 19.3 Å². The topological polar surface area (TPSA) is 124 Å². The van der Waals surface area contributed by atoms with E-state index in [0.717, 1.165) is 11.1 Å². The number of carboxylic acids is 1. The number of hydrogen-bond donors (Lipinski definition) is 5. The second kappa shape index (κ2) is 7.15. The molecule has 6 N–H and O–H groups in total. The summed E-state index contributed by atoms with van der Waals surface area (Å²) in [7, 11) is 0. The summed E-state index contributed by atoms with van der Waals surface area (Å²) in [5.41, 5.74) is 8.82. The van der Waals surface area contributed by atoms with Crippen LogP contribution in [0.4, 0.5) is 0 Å². The first-order valence-electron chi connectivity index (χ1n) is 8.29. The van der Waals surface area contributed by atoms with E-state index in [1.807, 2.05) is 20.8 Å². The molecule has 25 heavy (non-hydrogen) atoms. The van der Waals surface area contributed by atoms with Gasteiger partial charge in [0.15, 0.2) is 0 Å². The maximum Gasteiger partial charge on any atom is 0.321 e. The number of aliphatic carboxylic acids is 1. The Bertz CT molecular complexity index is 689. The molecule has 1 aliphatic carbocycles. The van der Waals surface area contributed by atoms with Crippen molar-refractivity contribution in [2.75, 3.05) is 12.4 Å². The monoisotopic (exact) mass is 369 g/mol. The highest BCUT2D eigenvalue weighted by molar-refractivity contribution is 7.99. The predicted octanol–water partition coefficient (Wildman–Crippen LogP) is 1.80. The molecule has 140 valence electrons. The number of phenols is 1. The first kappa shape index (κ1) is 20.0. The van der Waals surface area contributed by atoms with E-state index in [2.05, 4.69) is 0 Å². The average molecular weight is 369 g/mol. The van der Waals surface area contributed by atoms with Crippen LogP contribution in [-0.2, 0) is 11.2 Å². The molecule has 0 aromatic heterocycles. The van der Waals surface area contributed by atoms with Crippen LogP contribution < -0.4 is 5.73 Å². The fourth-order valence-electron chi connectivity index (χ4n) is 3.68. The van der Waals surface area contributed by atoms with E-state index in [-0.39, 0.29) is 23.4 Å². The molecule has 0 bridgehead atoms. The molecule has 3 atom stereocenters. The van der Waals surface area contributed by atoms with Gasteiger partial charge in [-0.25, -0.2) is 0 Å². The molecule has 0 saturated carbocycles. The lowest BCUT2D eigenvalue weighted by Gasteiger charge is -2.30. The smallest absolute Gasteiger partial charge is 0.321 e. The lowest BCUT2D eigenvalue weighted by atomic mass is 9.86. The Morgan fingerprint density at radius 1 is 1.28 bits per heavy atom. The van der Waals surface area contributed by atoms with Gasteiger partial charge in [-0.2, -0.15) is 11.8 Å². The molecule has 0 amide bonds. The van der Waals surface area contributed by atoms with E-state index in [0.29, 0.717) is 23.1 Å². The standard InChI is InChI=1S/C18H27NO5S/c1-8-10(5-6-20)9(2)14(21)13-12(8)15(22)18(3,4)16(13)25-7-11(19)17(23)24/h11,15-16,20-22H,5-7,19H2,1-4H3,(H,23,24)/t11-,15+,16-/m0/s1. The maximum atomic E-state index is 11.0. The molecule has 6 nitrogen and oxygen atoms in total. The van der Waals surface area contributed by atoms with Crippen molar-refractivity contribution < 1.29 is 25.2 Å². The van der Waals surface area contributed by atoms with Crippen LogP contribution >= 0.6 is 11.8 Å². The van der Waals surface area contributed by atoms with Gasteiger partial charge in [-0.15, -0.1) is 0 Å². The van der Waals surface area contributed by atoms with Crippen molar-refractivity contribution in [2.24, 2.45) is 11.1 Å². The van der Waals surface area contributed by atoms with Crippen molar-refractivity contribution in [1.29, 1.82) is 0 Å². The number of hydrogen-bond acceptors (Lipinski definition) is 6. The number of benzene rings is 1. The van der Waals surface area contributed by atoms with Crippen LogP contribution in [0.25, 0.3) is 0 Å². The number of carboxylic acid groups (broad SMARTS) is 1. The third-order valence-corrected chi connectivity index (χ3v) is 6.98. The van der Waals surface area contributed by atoms with E-state index in [1.54, 1.807) is 6.92 Å². The van der Waals surface area contributed by atoms with Gasteiger partial charge in [-0.1, -0.05) is 13.8 Å². The zero-order valence-corrected chi connectivity index (χ0v) is 15.9. The third kappa shape index (κ3) is 3.26. The van der Waals surface area contributed by atoms with Gasteiger partial charge in [0.05, 0.1) is 6.10 Å². The van der Waals surface area contributed by atoms with Crippen molar-refractivity contribution in [3.05, 3.63) is 27.8 Å². The zero-order chi connectivity index (χ0) is 19.1. The minimum Gasteiger partial charge on any atom is -0.507 e. The minimum absolute atomic E-state index is 0.0367. The fraction of sp³-hybridized carbons (Fsp3) is 0.611. The number of thioether (sulfide) groups is 1. The number of aliphatic hydroxyl groups excluding tert-OH is 2. The molecule has 2 rings (SSSR count). The SMILES string of the molecule is Cc1c(O)c2c(c(C)c1CCO)[C@@H](O)C(C)(C)[C@H]2SC[C@H](N)C(=O)O. The number of rotatable bonds is 6. The Morgan fingerprint density at radius 3 is 2.40 bits per heavy atom. The molecule has 0 radical (unpaired) electrons. The summed E-state index contributed by atoms with van der Waals surface area (Å²) in [6.45, 7) is 7.47. The van der Waals surface area contributed by atoms with Gasteiger partial charge in [-0.3, -0.25) is 4.79 Å². The Labute approximate surface area is 152 Å². The van der Waals surface area contributed by atoms with Crippen LogP contribution in [0.5, 0.6) is 5.75 Å². The second-order valence-corrected chi connectivity index (χ2v) is 8.40. The maximum absolute atomic E-state index is 11.0. The molecule has 1 aliphatic rings. The van der Waals surface area contributed by atoms with Crippen LogP contribution in [0.15, 0.2) is 0 Å². The van der Waals surface area contributed by atoms with Crippen LogP contribution in [0.1, 0.15) is 53.0 Å². The van der Waals surface area contributed by atoms with E-state index < -0.39 is 23.5 Å². The fourth-order valence-corrected chi connectivity index (χ4v) is 5.19. The van der Waals surface area contributed by atoms with E-state index >= 15 is 0 Å². The molecular formula is C18H27NO5S. The molecule has 0 unspecified atom stereocenters. The first-order valence-corrected chi connectivity index (χ1v) is 9.34. The Kier molecular flexibility index (Phi) is 5.73. The van der Waals surface area contributed by atoms with Crippen molar-refractivity contribution in [2.45, 2.75) is 51.5 Å². The quantitative estimate of drug-likeness (QED) is 0.518. The Morgan fingerprint density at radius 2 is 1.88 bits per heavy atom. The average Bonchev–Trinajstić information content (AvgIpc) is 2.74. The molecule has 1 aromatic rings. The Hall–Kier alpha value is -1.28. The normalized spacial score (nSPS) is 22.7. The van der Waals surface area contributed by atoms with Crippen LogP contribution in [0.2, 0.25) is 0 Å². The first-order chi connectivity index (χ1) is 11.6. The van der Waals surface area contributed by atoms with Gasteiger partial charge in [0.2, 0.25) is 0 Å². The molecule has 7 heteroatoms. The van der Waals surface area contributed by atoms with E-state index in [9.17, 15) is 20.1 Å². The van der Waals surface area contributed by atoms with E-state index in [1.165, 1.54) is 11.8 Å². The number of aromatic hydroxyl groups is 1. The van der Waals surface area contributed by atoms with Gasteiger partial charge in [-0.05, 0) is 42.5 Å². The summed E-state index contributed by atoms with van der Waals surface area (Å²) in [4.78, 5) is 11.0. The van der Waals surface area contributed by atoms with Crippen molar-refractivity contribution >= 4 is 17.7 Å². The lowest BCUT2D eigenvalue weighted by Crippen LogP contribution is -2.33. The number of fused-ring (bicyclic) bond motifs is 1. The molecule has 1 aromatic carbocycles. The highest BCUT2D eigenvalue weighted by Gasteiger charge is 2.49. The zero-order valence-electron chi connectivity index (χ0n) is 15.0. The largest absolute Gasteiger partial charge is 0.507 e. The highest BCUT2D eigenvalue weighted by atomic mass is 32.2. The summed E-state index contributed by atoms with van der Waals surface area (Å²) >= 11 is 1.35. The van der Waals surface area contributed by atoms with Gasteiger partial charge in [0.1, 0.15) is 11.8 Å². The number of aliphatic hydroxyl groups is 2. The highest BCUT2D eigenvalue weighted by Crippen LogP contribution is 2.62. The summed E-state index contributed by atoms with van der Waals surface area (Å²) in [5, 5.41) is 39.7. The summed E-state index contributed by atoms with van der Waals surface area (Å²) in [6, 6.07) is -1.00. The molecular weight excluding hydrogens is 342 g/mol. The summed E-state index contributed by atoms with van der Waals surface area (Å²) in [5.74, 6) is -0.764. The number of carbonyl (C=O) groups is 1. The molecule has 0 fully saturated rings. The van der Waals surface area contributed by atoms with Crippen LogP contribution in [-0.4, -0.2) is 44.8 Å². The summed E-state index contributed by atoms with van der Waals surface area (Å²) in [6.07, 6.45) is -0.377. The lowest BCUT2D eigenvalue weighted by molar-refractivity contribution is -0.137. The van der Waals surface area contributed by atoms with Crippen molar-refractivity contribution in [3.8, 4) is 5.75 Å².